The number of carbonyl (C=O) groups is 3. The lowest BCUT2D eigenvalue weighted by Crippen LogP contribution is -2.40. The molecular weight excluding hydrogens is 1220 g/mol. The molecule has 0 aromatic heterocycles. The molecule has 9 nitrogen and oxygen atoms in total. The van der Waals surface area contributed by atoms with E-state index in [4.69, 9.17) is 18.9 Å². The second-order valence-electron chi connectivity index (χ2n) is 29.1. The smallest absolute Gasteiger partial charge is 0.361 e. The van der Waals surface area contributed by atoms with E-state index in [0.29, 0.717) is 23.9 Å². The number of carboxylic acids is 1. The minimum atomic E-state index is -1.52. The number of hydrogen-bond donors (Lipinski definition) is 1. The van der Waals surface area contributed by atoms with Gasteiger partial charge in [0.2, 0.25) is 0 Å². The standard InChI is InChI=1S/C90H157NO8/c1-6-8-10-12-14-16-18-20-22-24-26-28-30-32-34-36-38-40-41-42-43-44-45-46-47-49-50-52-54-56-58-60-62-64-66-68-70-72-74-76-78-80-87(92)97-84-86(85-98-90(89(94)95)96-83-82-91(3,4)5)99-88(93)81-79-77-75-73-71-69-67-65-63-61-59-57-55-53-51-48-39-37-35-33-31-29-27-25-23-21-19-17-15-13-11-9-7-2/h9,11,15,17-18,20-21,23-24,26-27,29-30,32-33,35,39,48,53,55,86,90H,6-8,10,12-14,16,19,22,25,28,31,34,36-38,40-47,49-52,54,56-85H2,1-5H3/p+1/b11-9-,17-15-,20-18-,23-21-,26-24-,29-27-,32-30-,35-33-,48-39-,55-53-. The number of allylic oxidation sites excluding steroid dienone is 20. The highest BCUT2D eigenvalue weighted by atomic mass is 16.7. The Bertz CT molecular complexity index is 2050. The summed E-state index contributed by atoms with van der Waals surface area (Å²) in [5.41, 5.74) is 0. The van der Waals surface area contributed by atoms with Crippen molar-refractivity contribution in [2.45, 2.75) is 386 Å². The number of quaternary nitrogens is 1. The summed E-state index contributed by atoms with van der Waals surface area (Å²) in [5.74, 6) is -2.00. The highest BCUT2D eigenvalue weighted by Crippen LogP contribution is 2.19. The van der Waals surface area contributed by atoms with Crippen LogP contribution in [0.3, 0.4) is 0 Å². The van der Waals surface area contributed by atoms with Crippen molar-refractivity contribution in [1.82, 2.24) is 0 Å². The largest absolute Gasteiger partial charge is 0.477 e. The zero-order valence-corrected chi connectivity index (χ0v) is 65.4. The molecule has 0 bridgehead atoms. The van der Waals surface area contributed by atoms with Crippen LogP contribution in [0, 0.1) is 0 Å². The van der Waals surface area contributed by atoms with Gasteiger partial charge in [-0.2, -0.15) is 0 Å². The molecule has 0 spiro atoms. The first kappa shape index (κ1) is 94.7. The van der Waals surface area contributed by atoms with E-state index in [0.717, 1.165) is 103 Å². The highest BCUT2D eigenvalue weighted by Gasteiger charge is 2.25. The molecule has 0 saturated heterocycles. The number of rotatable bonds is 77. The maximum atomic E-state index is 13.0. The number of hydrogen-bond acceptors (Lipinski definition) is 7. The van der Waals surface area contributed by atoms with Gasteiger partial charge in [-0.05, 0) is 109 Å². The first-order chi connectivity index (χ1) is 48.6. The van der Waals surface area contributed by atoms with Crippen molar-refractivity contribution in [1.29, 1.82) is 0 Å². The Morgan fingerprint density at radius 2 is 0.576 bits per heavy atom. The summed E-state index contributed by atoms with van der Waals surface area (Å²) in [4.78, 5) is 37.8. The van der Waals surface area contributed by atoms with Gasteiger partial charge in [-0.3, -0.25) is 9.59 Å². The van der Waals surface area contributed by atoms with Crippen LogP contribution in [0.2, 0.25) is 0 Å². The second-order valence-corrected chi connectivity index (χ2v) is 29.1. The summed E-state index contributed by atoms with van der Waals surface area (Å²) in [7, 11) is 5.99. The quantitative estimate of drug-likeness (QED) is 0.0211. The molecule has 9 heteroatoms. The molecule has 0 amide bonds. The number of ether oxygens (including phenoxy) is 4. The van der Waals surface area contributed by atoms with E-state index in [1.807, 2.05) is 21.1 Å². The van der Waals surface area contributed by atoms with Gasteiger partial charge in [0.25, 0.3) is 6.29 Å². The zero-order chi connectivity index (χ0) is 71.8. The van der Waals surface area contributed by atoms with Gasteiger partial charge in [-0.1, -0.05) is 373 Å². The predicted molar refractivity (Wildman–Crippen MR) is 428 cm³/mol. The minimum Gasteiger partial charge on any atom is -0.477 e. The van der Waals surface area contributed by atoms with Crippen molar-refractivity contribution in [2.24, 2.45) is 0 Å². The van der Waals surface area contributed by atoms with Gasteiger partial charge < -0.3 is 28.5 Å². The van der Waals surface area contributed by atoms with E-state index in [-0.39, 0.29) is 32.2 Å². The molecule has 0 aliphatic rings. The average molecular weight is 1380 g/mol. The maximum absolute atomic E-state index is 13.0. The molecule has 570 valence electrons. The van der Waals surface area contributed by atoms with Gasteiger partial charge in [0, 0.05) is 12.8 Å². The van der Waals surface area contributed by atoms with Crippen molar-refractivity contribution in [2.75, 3.05) is 47.5 Å². The van der Waals surface area contributed by atoms with Crippen LogP contribution in [0.4, 0.5) is 0 Å². The molecule has 0 saturated carbocycles. The third-order valence-electron chi connectivity index (χ3n) is 18.2. The van der Waals surface area contributed by atoms with Crippen LogP contribution in [0.25, 0.3) is 0 Å². The third-order valence-corrected chi connectivity index (χ3v) is 18.2. The summed E-state index contributed by atoms with van der Waals surface area (Å²) in [5, 5.41) is 9.78. The monoisotopic (exact) mass is 1380 g/mol. The number of carboxylic acid groups (broad SMARTS) is 1. The van der Waals surface area contributed by atoms with E-state index in [1.54, 1.807) is 0 Å². The summed E-state index contributed by atoms with van der Waals surface area (Å²) in [6, 6.07) is 0. The van der Waals surface area contributed by atoms with Crippen LogP contribution in [0.1, 0.15) is 373 Å². The van der Waals surface area contributed by atoms with Crippen LogP contribution >= 0.6 is 0 Å². The molecule has 0 radical (unpaired) electrons. The molecule has 2 atom stereocenters. The van der Waals surface area contributed by atoms with Gasteiger partial charge in [-0.25, -0.2) is 4.79 Å². The number of nitrogens with zero attached hydrogens (tertiary/aromatic N) is 1. The van der Waals surface area contributed by atoms with E-state index >= 15 is 0 Å². The van der Waals surface area contributed by atoms with Crippen molar-refractivity contribution in [3.63, 3.8) is 0 Å². The van der Waals surface area contributed by atoms with Gasteiger partial charge in [-0.15, -0.1) is 0 Å². The van der Waals surface area contributed by atoms with Gasteiger partial charge in [0.1, 0.15) is 13.2 Å². The summed E-state index contributed by atoms with van der Waals surface area (Å²) < 4.78 is 23.1. The first-order valence-corrected chi connectivity index (χ1v) is 41.7. The molecule has 0 aromatic carbocycles. The average Bonchev–Trinajstić information content (AvgIpc) is 1.57. The molecule has 0 aliphatic carbocycles. The van der Waals surface area contributed by atoms with E-state index in [1.165, 1.54) is 238 Å². The molecular formula is C90H158NO8+. The normalized spacial score (nSPS) is 13.3. The Morgan fingerprint density at radius 3 is 0.859 bits per heavy atom. The molecule has 0 aromatic rings. The fourth-order valence-electron chi connectivity index (χ4n) is 11.9. The van der Waals surface area contributed by atoms with Crippen molar-refractivity contribution in [3.05, 3.63) is 122 Å². The number of aliphatic carboxylic acids is 1. The van der Waals surface area contributed by atoms with Crippen LogP contribution in [-0.4, -0.2) is 87.4 Å². The van der Waals surface area contributed by atoms with Gasteiger partial charge in [0.05, 0.1) is 34.4 Å². The fraction of sp³-hybridized carbons (Fsp3) is 0.744. The Kier molecular flexibility index (Phi) is 75.9. The zero-order valence-electron chi connectivity index (χ0n) is 65.4. The van der Waals surface area contributed by atoms with E-state index < -0.39 is 24.3 Å². The topological polar surface area (TPSA) is 108 Å². The Labute approximate surface area is 612 Å². The lowest BCUT2D eigenvalue weighted by atomic mass is 10.0. The maximum Gasteiger partial charge on any atom is 0.361 e. The van der Waals surface area contributed by atoms with Crippen molar-refractivity contribution >= 4 is 17.9 Å². The van der Waals surface area contributed by atoms with Crippen LogP contribution in [0.15, 0.2) is 122 Å². The van der Waals surface area contributed by atoms with Crippen LogP contribution in [0.5, 0.6) is 0 Å². The molecule has 0 aliphatic heterocycles. The molecule has 2 unspecified atom stereocenters. The third kappa shape index (κ3) is 80.9. The van der Waals surface area contributed by atoms with Crippen LogP contribution in [-0.2, 0) is 33.3 Å². The van der Waals surface area contributed by atoms with Crippen molar-refractivity contribution < 1.29 is 42.9 Å². The first-order valence-electron chi connectivity index (χ1n) is 41.7. The van der Waals surface area contributed by atoms with E-state index in [9.17, 15) is 19.5 Å². The number of unbranched alkanes of at least 4 members (excludes halogenated alkanes) is 42. The van der Waals surface area contributed by atoms with Gasteiger partial charge in [0.15, 0.2) is 6.10 Å². The van der Waals surface area contributed by atoms with Gasteiger partial charge >= 0.3 is 17.9 Å². The second kappa shape index (κ2) is 79.4. The highest BCUT2D eigenvalue weighted by molar-refractivity contribution is 5.71. The molecule has 0 fully saturated rings. The fourth-order valence-corrected chi connectivity index (χ4v) is 11.9. The molecule has 1 N–H and O–H groups in total. The SMILES string of the molecule is CC/C=C\C/C=C\C/C=C\C/C=C\C/C=C\C/C=C\C/C=C\CCCCCCCCCCCCCC(=O)OC(COC(=O)CCCCCCCCCCCCCCCCCCCCCCCCCCCC/C=C\C/C=C\C/C=C\CCCCCCC)COC(OCC[N+](C)(C)C)C(=O)O. The lowest BCUT2D eigenvalue weighted by Gasteiger charge is -2.25. The Balaban J connectivity index is 3.99. The summed E-state index contributed by atoms with van der Waals surface area (Å²) in [6.07, 6.45) is 111. The molecule has 0 heterocycles. The predicted octanol–water partition coefficient (Wildman–Crippen LogP) is 27.0. The number of likely N-dealkylation sites (N-methyl/N-ethyl adjacent to an activating group) is 1. The van der Waals surface area contributed by atoms with Crippen molar-refractivity contribution in [3.8, 4) is 0 Å². The molecule has 0 rings (SSSR count). The Morgan fingerprint density at radius 1 is 0.313 bits per heavy atom. The molecule has 99 heavy (non-hydrogen) atoms. The lowest BCUT2D eigenvalue weighted by molar-refractivity contribution is -0.870. The summed E-state index contributed by atoms with van der Waals surface area (Å²) >= 11 is 0. The summed E-state index contributed by atoms with van der Waals surface area (Å²) in [6.45, 7) is 4.78. The van der Waals surface area contributed by atoms with Crippen LogP contribution < -0.4 is 0 Å². The Hall–Kier alpha value is -4.31. The minimum absolute atomic E-state index is 0.184. The van der Waals surface area contributed by atoms with E-state index in [2.05, 4.69) is 135 Å². The number of esters is 2. The number of carbonyl (C=O) groups excluding carboxylic acids is 2.